The number of thiophene rings is 1. The molecule has 0 atom stereocenters. The van der Waals surface area contributed by atoms with E-state index in [-0.39, 0.29) is 5.97 Å². The summed E-state index contributed by atoms with van der Waals surface area (Å²) in [6, 6.07) is 10.7. The molecule has 30 heavy (non-hydrogen) atoms. The number of ether oxygens (including phenoxy) is 1. The van der Waals surface area contributed by atoms with Crippen LogP contribution in [-0.2, 0) is 24.0 Å². The number of hydrogen-bond donors (Lipinski definition) is 1. The lowest BCUT2D eigenvalue weighted by molar-refractivity contribution is 0.0601. The van der Waals surface area contributed by atoms with Gasteiger partial charge in [-0.1, -0.05) is 36.8 Å². The number of aryl methyl sites for hydroxylation is 1. The van der Waals surface area contributed by atoms with E-state index in [0.717, 1.165) is 61.7 Å². The number of anilines is 1. The van der Waals surface area contributed by atoms with E-state index in [2.05, 4.69) is 40.5 Å². The summed E-state index contributed by atoms with van der Waals surface area (Å²) in [4.78, 5) is 16.1. The molecule has 2 aromatic rings. The van der Waals surface area contributed by atoms with Crippen molar-refractivity contribution < 1.29 is 9.53 Å². The molecule has 1 aromatic carbocycles. The second kappa shape index (κ2) is 9.92. The zero-order valence-corrected chi connectivity index (χ0v) is 19.2. The summed E-state index contributed by atoms with van der Waals surface area (Å²) < 4.78 is 5.11. The maximum Gasteiger partial charge on any atom is 0.341 e. The Bertz CT molecular complexity index is 886. The monoisotopic (exact) mass is 442 g/mol. The van der Waals surface area contributed by atoms with Crippen molar-refractivity contribution in [1.82, 2.24) is 4.90 Å². The Morgan fingerprint density at radius 1 is 1.17 bits per heavy atom. The van der Waals surface area contributed by atoms with Crippen LogP contribution in [0.15, 0.2) is 30.3 Å². The van der Waals surface area contributed by atoms with Gasteiger partial charge in [0.1, 0.15) is 5.00 Å². The van der Waals surface area contributed by atoms with Crippen molar-refractivity contribution >= 4 is 39.6 Å². The Morgan fingerprint density at radius 3 is 2.63 bits per heavy atom. The average molecular weight is 443 g/mol. The molecule has 160 valence electrons. The lowest BCUT2D eigenvalue weighted by Gasteiger charge is -2.34. The van der Waals surface area contributed by atoms with Gasteiger partial charge in [0.2, 0.25) is 0 Å². The van der Waals surface area contributed by atoms with Crippen molar-refractivity contribution in [3.8, 4) is 0 Å². The molecule has 1 aromatic heterocycles. The minimum Gasteiger partial charge on any atom is -0.465 e. The number of benzene rings is 1. The van der Waals surface area contributed by atoms with Crippen LogP contribution in [0.2, 0.25) is 0 Å². The molecule has 0 bridgehead atoms. The van der Waals surface area contributed by atoms with E-state index in [1.807, 2.05) is 0 Å². The van der Waals surface area contributed by atoms with E-state index in [1.165, 1.54) is 36.0 Å². The molecule has 4 rings (SSSR count). The van der Waals surface area contributed by atoms with Gasteiger partial charge in [-0.05, 0) is 74.2 Å². The van der Waals surface area contributed by atoms with Gasteiger partial charge in [-0.2, -0.15) is 0 Å². The molecule has 0 unspecified atom stereocenters. The van der Waals surface area contributed by atoms with Crippen LogP contribution < -0.4 is 5.32 Å². The Kier molecular flexibility index (Phi) is 7.05. The number of methoxy groups -OCH3 is 1. The molecule has 1 aliphatic heterocycles. The summed E-state index contributed by atoms with van der Waals surface area (Å²) in [5.41, 5.74) is 3.30. The zero-order chi connectivity index (χ0) is 20.9. The highest BCUT2D eigenvalue weighted by molar-refractivity contribution is 7.80. The van der Waals surface area contributed by atoms with Crippen LogP contribution in [0.5, 0.6) is 0 Å². The van der Waals surface area contributed by atoms with Crippen LogP contribution in [0.3, 0.4) is 0 Å². The van der Waals surface area contributed by atoms with Crippen molar-refractivity contribution in [1.29, 1.82) is 0 Å². The third-order valence-corrected chi connectivity index (χ3v) is 7.87. The van der Waals surface area contributed by atoms with Gasteiger partial charge in [0, 0.05) is 18.0 Å². The van der Waals surface area contributed by atoms with Gasteiger partial charge < -0.3 is 15.0 Å². The average Bonchev–Trinajstić information content (AvgIpc) is 2.94. The van der Waals surface area contributed by atoms with E-state index in [0.29, 0.717) is 11.5 Å². The Balaban J connectivity index is 1.40. The van der Waals surface area contributed by atoms with Crippen LogP contribution in [0, 0.1) is 5.92 Å². The first-order valence-electron chi connectivity index (χ1n) is 11.0. The number of hydrogen-bond acceptors (Lipinski definition) is 4. The molecule has 0 amide bonds. The summed E-state index contributed by atoms with van der Waals surface area (Å²) in [7, 11) is 1.46. The number of esters is 1. The molecule has 1 aliphatic carbocycles. The van der Waals surface area contributed by atoms with Crippen LogP contribution in [0.4, 0.5) is 5.00 Å². The Morgan fingerprint density at radius 2 is 1.90 bits per heavy atom. The summed E-state index contributed by atoms with van der Waals surface area (Å²) >= 11 is 7.43. The van der Waals surface area contributed by atoms with E-state index in [1.54, 1.807) is 11.3 Å². The highest BCUT2D eigenvalue weighted by atomic mass is 32.1. The zero-order valence-electron chi connectivity index (χ0n) is 17.6. The number of thiocarbonyl (C=S) groups is 1. The van der Waals surface area contributed by atoms with E-state index < -0.39 is 0 Å². The van der Waals surface area contributed by atoms with E-state index >= 15 is 0 Å². The third-order valence-electron chi connectivity index (χ3n) is 6.30. The molecule has 6 heteroatoms. The van der Waals surface area contributed by atoms with Gasteiger partial charge >= 0.3 is 5.97 Å². The first kappa shape index (κ1) is 21.3. The number of likely N-dealkylation sites (tertiary alicyclic amines) is 1. The minimum atomic E-state index is -0.249. The molecule has 1 saturated heterocycles. The van der Waals surface area contributed by atoms with Crippen LogP contribution in [0.1, 0.15) is 58.5 Å². The van der Waals surface area contributed by atoms with Crippen molar-refractivity contribution in [3.05, 3.63) is 51.9 Å². The van der Waals surface area contributed by atoms with E-state index in [4.69, 9.17) is 17.0 Å². The fourth-order valence-corrected chi connectivity index (χ4v) is 6.24. The van der Waals surface area contributed by atoms with Crippen LogP contribution in [-0.4, -0.2) is 36.2 Å². The first-order valence-corrected chi connectivity index (χ1v) is 12.2. The molecule has 0 spiro atoms. The quantitative estimate of drug-likeness (QED) is 0.387. The third kappa shape index (κ3) is 4.86. The summed E-state index contributed by atoms with van der Waals surface area (Å²) in [5.74, 6) is 0.455. The summed E-state index contributed by atoms with van der Waals surface area (Å²) in [6.07, 6.45) is 8.96. The molecule has 1 N–H and O–H groups in total. The first-order chi connectivity index (χ1) is 14.7. The lowest BCUT2D eigenvalue weighted by atomic mass is 9.90. The number of fused-ring (bicyclic) bond motifs is 1. The normalized spacial score (nSPS) is 17.2. The van der Waals surface area contributed by atoms with Crippen LogP contribution >= 0.6 is 23.6 Å². The van der Waals surface area contributed by atoms with Gasteiger partial charge in [0.15, 0.2) is 5.11 Å². The lowest BCUT2D eigenvalue weighted by Crippen LogP contribution is -2.41. The van der Waals surface area contributed by atoms with Gasteiger partial charge in [-0.25, -0.2) is 4.79 Å². The number of carbonyl (C=O) groups is 1. The highest BCUT2D eigenvalue weighted by Crippen LogP contribution is 2.38. The molecule has 0 saturated carbocycles. The predicted molar refractivity (Wildman–Crippen MR) is 128 cm³/mol. The van der Waals surface area contributed by atoms with Gasteiger partial charge in [0.05, 0.1) is 12.7 Å². The van der Waals surface area contributed by atoms with Gasteiger partial charge in [0.25, 0.3) is 0 Å². The second-order valence-corrected chi connectivity index (χ2v) is 9.80. The van der Waals surface area contributed by atoms with Crippen LogP contribution in [0.25, 0.3) is 0 Å². The number of nitrogens with zero attached hydrogens (tertiary/aromatic N) is 1. The van der Waals surface area contributed by atoms with Gasteiger partial charge in [-0.15, -0.1) is 11.3 Å². The topological polar surface area (TPSA) is 41.6 Å². The summed E-state index contributed by atoms with van der Waals surface area (Å²) in [6.45, 7) is 1.92. The molecule has 1 fully saturated rings. The second-order valence-electron chi connectivity index (χ2n) is 8.31. The SMILES string of the molecule is COC(=O)c1c(NC(=S)N2CCC(Cc3ccccc3)CC2)sc2c1CCCCC2. The fourth-order valence-electron chi connectivity index (χ4n) is 4.61. The maximum atomic E-state index is 12.5. The van der Waals surface area contributed by atoms with Crippen molar-refractivity contribution in [2.24, 2.45) is 5.92 Å². The number of piperidine rings is 1. The highest BCUT2D eigenvalue weighted by Gasteiger charge is 2.27. The van der Waals surface area contributed by atoms with E-state index in [9.17, 15) is 4.79 Å². The largest absolute Gasteiger partial charge is 0.465 e. The number of rotatable bonds is 4. The van der Waals surface area contributed by atoms with Crippen molar-refractivity contribution in [2.45, 2.75) is 51.4 Å². The molecule has 4 nitrogen and oxygen atoms in total. The Hall–Kier alpha value is -1.92. The summed E-state index contributed by atoms with van der Waals surface area (Å²) in [5, 5.41) is 5.01. The maximum absolute atomic E-state index is 12.5. The van der Waals surface area contributed by atoms with Crippen molar-refractivity contribution in [3.63, 3.8) is 0 Å². The standard InChI is InChI=1S/C24H30N2O2S2/c1-28-23(27)21-19-10-6-3-7-11-20(19)30-22(21)25-24(29)26-14-12-18(13-15-26)16-17-8-4-2-5-9-17/h2,4-5,8-9,18H,3,6-7,10-16H2,1H3,(H,25,29). The Labute approximate surface area is 188 Å². The fraction of sp³-hybridized carbons (Fsp3) is 0.500. The van der Waals surface area contributed by atoms with Crippen molar-refractivity contribution in [2.75, 3.05) is 25.5 Å². The predicted octanol–water partition coefficient (Wildman–Crippen LogP) is 5.46. The number of nitrogens with one attached hydrogen (secondary N) is 1. The molecule has 2 aliphatic rings. The molecule has 0 radical (unpaired) electrons. The minimum absolute atomic E-state index is 0.249. The molecular weight excluding hydrogens is 412 g/mol. The molecular formula is C24H30N2O2S2. The number of carbonyl (C=O) groups excluding carboxylic acids is 1. The molecule has 2 heterocycles. The smallest absolute Gasteiger partial charge is 0.341 e. The van der Waals surface area contributed by atoms with Gasteiger partial charge in [-0.3, -0.25) is 0 Å².